The molecule has 1 aliphatic carbocycles. The lowest BCUT2D eigenvalue weighted by Crippen LogP contribution is -2.29. The largest absolute Gasteiger partial charge is 0.392 e. The van der Waals surface area contributed by atoms with Crippen molar-refractivity contribution in [3.05, 3.63) is 50.7 Å². The van der Waals surface area contributed by atoms with Crippen LogP contribution in [0, 0.1) is 16.0 Å². The maximum Gasteiger partial charge on any atom is 0.392 e. The number of rotatable bonds is 3. The molecule has 2 atom stereocenters. The van der Waals surface area contributed by atoms with Crippen LogP contribution in [0.5, 0.6) is 0 Å². The molecule has 0 fully saturated rings. The zero-order valence-corrected chi connectivity index (χ0v) is 11.1. The molecule has 0 bridgehead atoms. The van der Waals surface area contributed by atoms with Gasteiger partial charge in [0.15, 0.2) is 0 Å². The van der Waals surface area contributed by atoms with Crippen molar-refractivity contribution in [3.63, 3.8) is 0 Å². The Morgan fingerprint density at radius 3 is 2.82 bits per heavy atom. The van der Waals surface area contributed by atoms with Crippen LogP contribution in [0.25, 0.3) is 16.0 Å². The fourth-order valence-corrected chi connectivity index (χ4v) is 2.41. The van der Waals surface area contributed by atoms with Crippen LogP contribution in [0.2, 0.25) is 0 Å². The van der Waals surface area contributed by atoms with Gasteiger partial charge < -0.3 is 0 Å². The summed E-state index contributed by atoms with van der Waals surface area (Å²) in [5.41, 5.74) is 8.26. The minimum Gasteiger partial charge on any atom is -0.258 e. The molecular weight excluding hydrogens is 303 g/mol. The summed E-state index contributed by atoms with van der Waals surface area (Å²) in [6.07, 6.45) is -1.63. The third kappa shape index (κ3) is 3.34. The van der Waals surface area contributed by atoms with E-state index in [1.165, 1.54) is 18.3 Å². The van der Waals surface area contributed by atoms with E-state index in [1.54, 1.807) is 0 Å². The zero-order chi connectivity index (χ0) is 16.3. The summed E-state index contributed by atoms with van der Waals surface area (Å²) in [6, 6.07) is 0.295. The van der Waals surface area contributed by atoms with Crippen LogP contribution in [0.15, 0.2) is 29.7 Å². The summed E-state index contributed by atoms with van der Waals surface area (Å²) in [5.74, 6) is -1.71. The second-order valence-corrected chi connectivity index (χ2v) is 4.79. The Kier molecular flexibility index (Phi) is 4.32. The van der Waals surface area contributed by atoms with Gasteiger partial charge in [0.2, 0.25) is 0 Å². The lowest BCUT2D eigenvalue weighted by Gasteiger charge is -2.28. The predicted molar refractivity (Wildman–Crippen MR) is 70.6 cm³/mol. The van der Waals surface area contributed by atoms with Gasteiger partial charge in [0.1, 0.15) is 6.20 Å². The number of nitro groups is 1. The Morgan fingerprint density at radius 1 is 1.50 bits per heavy atom. The van der Waals surface area contributed by atoms with Crippen molar-refractivity contribution in [3.8, 4) is 0 Å². The third-order valence-electron chi connectivity index (χ3n) is 3.39. The summed E-state index contributed by atoms with van der Waals surface area (Å²) >= 11 is 0. The predicted octanol–water partition coefficient (Wildman–Crippen LogP) is 4.02. The van der Waals surface area contributed by atoms with Gasteiger partial charge in [-0.2, -0.15) is 13.2 Å². The van der Waals surface area contributed by atoms with E-state index in [-0.39, 0.29) is 23.2 Å². The van der Waals surface area contributed by atoms with Crippen molar-refractivity contribution in [2.75, 3.05) is 0 Å². The molecule has 0 radical (unpaired) electrons. The third-order valence-corrected chi connectivity index (χ3v) is 3.39. The molecular formula is C12H10F3N5O2. The van der Waals surface area contributed by atoms with E-state index in [0.29, 0.717) is 0 Å². The summed E-state index contributed by atoms with van der Waals surface area (Å²) in [5, 5.41) is 14.3. The van der Waals surface area contributed by atoms with E-state index in [4.69, 9.17) is 5.53 Å². The van der Waals surface area contributed by atoms with Crippen LogP contribution in [-0.2, 0) is 0 Å². The molecule has 2 rings (SSSR count). The molecule has 0 saturated carbocycles. The number of alkyl halides is 3. The van der Waals surface area contributed by atoms with Gasteiger partial charge in [0, 0.05) is 11.1 Å². The molecule has 116 valence electrons. The van der Waals surface area contributed by atoms with E-state index in [0.717, 1.165) is 6.20 Å². The van der Waals surface area contributed by atoms with Gasteiger partial charge in [0.05, 0.1) is 22.4 Å². The Balaban J connectivity index is 2.48. The second-order valence-electron chi connectivity index (χ2n) is 4.79. The monoisotopic (exact) mass is 313 g/mol. The second kappa shape index (κ2) is 6.02. The van der Waals surface area contributed by atoms with E-state index in [2.05, 4.69) is 15.0 Å². The number of hydrogen-bond acceptors (Lipinski definition) is 4. The van der Waals surface area contributed by atoms with Gasteiger partial charge in [-0.05, 0) is 30.0 Å². The highest BCUT2D eigenvalue weighted by molar-refractivity contribution is 5.73. The first-order chi connectivity index (χ1) is 10.3. The van der Waals surface area contributed by atoms with Crippen molar-refractivity contribution in [1.29, 1.82) is 0 Å². The number of nitrogens with zero attached hydrogens (tertiary/aromatic N) is 5. The Morgan fingerprint density at radius 2 is 2.23 bits per heavy atom. The van der Waals surface area contributed by atoms with Crippen molar-refractivity contribution >= 4 is 11.3 Å². The van der Waals surface area contributed by atoms with Gasteiger partial charge in [-0.3, -0.25) is 15.1 Å². The fraction of sp³-hybridized carbons (Fsp3) is 0.417. The molecule has 0 N–H and O–H groups in total. The fourth-order valence-electron chi connectivity index (χ4n) is 2.41. The van der Waals surface area contributed by atoms with Gasteiger partial charge in [-0.25, -0.2) is 0 Å². The average molecular weight is 313 g/mol. The van der Waals surface area contributed by atoms with Gasteiger partial charge >= 0.3 is 6.18 Å². The topological polar surface area (TPSA) is 105 Å². The zero-order valence-electron chi connectivity index (χ0n) is 11.1. The summed E-state index contributed by atoms with van der Waals surface area (Å²) in [7, 11) is 0. The Bertz CT molecular complexity index is 667. The Hall–Kier alpha value is -2.61. The minimum absolute atomic E-state index is 0.0621. The Labute approximate surface area is 122 Å². The lowest BCUT2D eigenvalue weighted by atomic mass is 9.83. The van der Waals surface area contributed by atoms with Crippen LogP contribution in [0.4, 0.5) is 18.9 Å². The average Bonchev–Trinajstić information content (AvgIpc) is 2.46. The molecule has 1 aromatic rings. The van der Waals surface area contributed by atoms with Crippen molar-refractivity contribution in [2.45, 2.75) is 25.1 Å². The first-order valence-corrected chi connectivity index (χ1v) is 6.23. The molecule has 10 heteroatoms. The van der Waals surface area contributed by atoms with Crippen LogP contribution in [0.3, 0.4) is 0 Å². The van der Waals surface area contributed by atoms with E-state index in [9.17, 15) is 23.3 Å². The number of pyridine rings is 1. The highest BCUT2D eigenvalue weighted by Crippen LogP contribution is 2.42. The summed E-state index contributed by atoms with van der Waals surface area (Å²) < 4.78 is 39.0. The molecule has 1 aliphatic rings. The first kappa shape index (κ1) is 15.8. The SMILES string of the molecule is [N-]=[N+]=NC1C=C(c2ccncc2[N+](=O)[O-])CC(C(F)(F)F)C1. The summed E-state index contributed by atoms with van der Waals surface area (Å²) in [6.45, 7) is 0. The molecule has 1 heterocycles. The van der Waals surface area contributed by atoms with Crippen LogP contribution < -0.4 is 0 Å². The first-order valence-electron chi connectivity index (χ1n) is 6.23. The van der Waals surface area contributed by atoms with Crippen LogP contribution in [-0.4, -0.2) is 22.1 Å². The number of hydrogen-bond donors (Lipinski definition) is 0. The maximum absolute atomic E-state index is 13.0. The highest BCUT2D eigenvalue weighted by atomic mass is 19.4. The lowest BCUT2D eigenvalue weighted by molar-refractivity contribution is -0.385. The smallest absolute Gasteiger partial charge is 0.258 e. The number of allylic oxidation sites excluding steroid dienone is 1. The molecule has 0 spiro atoms. The van der Waals surface area contributed by atoms with Crippen molar-refractivity contribution in [2.24, 2.45) is 11.0 Å². The standard InChI is InChI=1S/C12H10F3N5O2/c13-12(14,15)8-3-7(4-9(5-8)18-19-16)10-1-2-17-6-11(10)20(21)22/h1-2,4,6,8-9H,3,5H2. The van der Waals surface area contributed by atoms with Crippen LogP contribution >= 0.6 is 0 Å². The molecule has 0 aromatic carbocycles. The molecule has 0 saturated heterocycles. The van der Waals surface area contributed by atoms with Crippen molar-refractivity contribution < 1.29 is 18.1 Å². The van der Waals surface area contributed by atoms with Gasteiger partial charge in [-0.1, -0.05) is 11.2 Å². The van der Waals surface area contributed by atoms with E-state index in [1.807, 2.05) is 0 Å². The molecule has 22 heavy (non-hydrogen) atoms. The molecule has 0 aliphatic heterocycles. The van der Waals surface area contributed by atoms with Crippen molar-refractivity contribution in [1.82, 2.24) is 4.98 Å². The maximum atomic E-state index is 13.0. The van der Waals surface area contributed by atoms with E-state index >= 15 is 0 Å². The van der Waals surface area contributed by atoms with E-state index < -0.39 is 29.5 Å². The number of azide groups is 1. The molecule has 2 unspecified atom stereocenters. The van der Waals surface area contributed by atoms with Gasteiger partial charge in [0.25, 0.3) is 5.69 Å². The molecule has 0 amide bonds. The highest BCUT2D eigenvalue weighted by Gasteiger charge is 2.43. The number of aromatic nitrogens is 1. The summed E-state index contributed by atoms with van der Waals surface area (Å²) in [4.78, 5) is 16.4. The molecule has 1 aromatic heterocycles. The molecule has 7 nitrogen and oxygen atoms in total. The van der Waals surface area contributed by atoms with Crippen LogP contribution in [0.1, 0.15) is 18.4 Å². The normalized spacial score (nSPS) is 21.7. The number of halogens is 3. The minimum atomic E-state index is -4.47. The quantitative estimate of drug-likeness (QED) is 0.276. The van der Waals surface area contributed by atoms with Gasteiger partial charge in [-0.15, -0.1) is 0 Å².